The number of nitro benzene ring substituents is 1. The number of amides is 1. The topological polar surface area (TPSA) is 157 Å². The van der Waals surface area contributed by atoms with Gasteiger partial charge in [0.05, 0.1) is 11.3 Å². The molecule has 2 aromatic heterocycles. The molecule has 3 fully saturated rings. The second-order valence-electron chi connectivity index (χ2n) is 11.4. The van der Waals surface area contributed by atoms with Gasteiger partial charge in [-0.05, 0) is 63.5 Å². The van der Waals surface area contributed by atoms with E-state index in [1.807, 2.05) is 11.2 Å². The molecule has 12 heteroatoms. The highest BCUT2D eigenvalue weighted by molar-refractivity contribution is 5.94. The minimum atomic E-state index is -0.460. The van der Waals surface area contributed by atoms with E-state index >= 15 is 0 Å². The molecule has 3 aliphatic rings. The summed E-state index contributed by atoms with van der Waals surface area (Å²) in [5.41, 5.74) is 8.21. The molecule has 6 rings (SSSR count). The number of carbonyl (C=O) groups is 1. The zero-order valence-electron chi connectivity index (χ0n) is 22.7. The van der Waals surface area contributed by atoms with E-state index in [4.69, 9.17) is 20.7 Å². The number of rotatable bonds is 7. The van der Waals surface area contributed by atoms with Crippen LogP contribution in [0.25, 0.3) is 11.2 Å². The van der Waals surface area contributed by atoms with Crippen LogP contribution in [0, 0.1) is 10.1 Å². The molecule has 0 radical (unpaired) electrons. The predicted molar refractivity (Wildman–Crippen MR) is 152 cm³/mol. The number of likely N-dealkylation sites (tertiary alicyclic amines) is 1. The lowest BCUT2D eigenvalue weighted by atomic mass is 9.92. The van der Waals surface area contributed by atoms with E-state index in [0.29, 0.717) is 36.7 Å². The van der Waals surface area contributed by atoms with E-state index in [1.165, 1.54) is 37.1 Å². The van der Waals surface area contributed by atoms with Gasteiger partial charge < -0.3 is 25.8 Å². The maximum Gasteiger partial charge on any atom is 0.269 e. The van der Waals surface area contributed by atoms with Crippen molar-refractivity contribution in [2.24, 2.45) is 5.73 Å². The van der Waals surface area contributed by atoms with Crippen molar-refractivity contribution in [3.05, 3.63) is 46.3 Å². The number of piperidine rings is 1. The fourth-order valence-electron chi connectivity index (χ4n) is 6.31. The lowest BCUT2D eigenvalue weighted by Gasteiger charge is -2.33. The molecule has 1 amide bonds. The molecule has 0 bridgehead atoms. The molecule has 212 valence electrons. The summed E-state index contributed by atoms with van der Waals surface area (Å²) in [5, 5.41) is 18.1. The molecule has 2 saturated carbocycles. The summed E-state index contributed by atoms with van der Waals surface area (Å²) in [5.74, 6) is 1.25. The molecule has 40 heavy (non-hydrogen) atoms. The van der Waals surface area contributed by atoms with Gasteiger partial charge in [0.25, 0.3) is 11.6 Å². The van der Waals surface area contributed by atoms with E-state index in [9.17, 15) is 14.9 Å². The van der Waals surface area contributed by atoms with Crippen LogP contribution in [0.15, 0.2) is 30.6 Å². The predicted octanol–water partition coefficient (Wildman–Crippen LogP) is 4.25. The summed E-state index contributed by atoms with van der Waals surface area (Å²) in [6, 6.07) is 6.94. The molecule has 2 aliphatic carbocycles. The van der Waals surface area contributed by atoms with E-state index in [-0.39, 0.29) is 23.7 Å². The van der Waals surface area contributed by atoms with Crippen molar-refractivity contribution in [3.8, 4) is 0 Å². The molecule has 0 unspecified atom stereocenters. The lowest BCUT2D eigenvalue weighted by molar-refractivity contribution is -0.384. The fourth-order valence-corrected chi connectivity index (χ4v) is 6.31. The van der Waals surface area contributed by atoms with Gasteiger partial charge in [0.1, 0.15) is 0 Å². The van der Waals surface area contributed by atoms with E-state index in [0.717, 1.165) is 68.3 Å². The van der Waals surface area contributed by atoms with Crippen molar-refractivity contribution in [1.29, 1.82) is 0 Å². The number of nitro groups is 1. The highest BCUT2D eigenvalue weighted by Crippen LogP contribution is 2.34. The van der Waals surface area contributed by atoms with E-state index < -0.39 is 4.92 Å². The van der Waals surface area contributed by atoms with Gasteiger partial charge in [0.2, 0.25) is 5.95 Å². The molecular formula is C28H37N9O3. The Labute approximate surface area is 232 Å². The number of aromatic nitrogens is 4. The molecule has 12 nitrogen and oxygen atoms in total. The summed E-state index contributed by atoms with van der Waals surface area (Å²) < 4.78 is 2.22. The zero-order valence-corrected chi connectivity index (χ0v) is 22.7. The van der Waals surface area contributed by atoms with Crippen molar-refractivity contribution < 1.29 is 9.72 Å². The summed E-state index contributed by atoms with van der Waals surface area (Å²) in [6.07, 6.45) is 12.2. The van der Waals surface area contributed by atoms with Crippen LogP contribution in [0.5, 0.6) is 0 Å². The second-order valence-corrected chi connectivity index (χ2v) is 11.4. The number of carbonyl (C=O) groups excluding carboxylic acids is 1. The highest BCUT2D eigenvalue weighted by atomic mass is 16.6. The van der Waals surface area contributed by atoms with Crippen LogP contribution in [0.4, 0.5) is 17.5 Å². The van der Waals surface area contributed by atoms with Crippen molar-refractivity contribution in [1.82, 2.24) is 24.4 Å². The molecule has 1 aromatic carbocycles. The first-order valence-electron chi connectivity index (χ1n) is 14.5. The number of nitrogens with one attached hydrogen (secondary N) is 2. The smallest absolute Gasteiger partial charge is 0.269 e. The second kappa shape index (κ2) is 11.4. The van der Waals surface area contributed by atoms with Gasteiger partial charge in [-0.2, -0.15) is 9.97 Å². The molecule has 1 saturated heterocycles. The molecule has 0 atom stereocenters. The number of anilines is 2. The van der Waals surface area contributed by atoms with Gasteiger partial charge in [-0.3, -0.25) is 14.9 Å². The van der Waals surface area contributed by atoms with Gasteiger partial charge in [-0.15, -0.1) is 0 Å². The number of fused-ring (bicyclic) bond motifs is 1. The molecular weight excluding hydrogens is 510 g/mol. The van der Waals surface area contributed by atoms with E-state index in [1.54, 1.807) is 0 Å². The third kappa shape index (κ3) is 5.58. The number of hydrogen-bond donors (Lipinski definition) is 3. The van der Waals surface area contributed by atoms with Crippen LogP contribution in [0.2, 0.25) is 0 Å². The number of nitrogens with two attached hydrogens (primary N) is 1. The summed E-state index contributed by atoms with van der Waals surface area (Å²) in [6.45, 7) is 1.18. The Morgan fingerprint density at radius 3 is 2.27 bits per heavy atom. The van der Waals surface area contributed by atoms with Gasteiger partial charge in [0, 0.05) is 55.0 Å². The average Bonchev–Trinajstić information content (AvgIpc) is 3.65. The molecule has 3 aromatic rings. The normalized spacial score (nSPS) is 22.5. The fraction of sp³-hybridized carbons (Fsp3) is 0.571. The largest absolute Gasteiger partial charge is 0.365 e. The first-order valence-corrected chi connectivity index (χ1v) is 14.5. The number of hydrogen-bond acceptors (Lipinski definition) is 9. The maximum absolute atomic E-state index is 13.0. The van der Waals surface area contributed by atoms with Crippen molar-refractivity contribution in [2.75, 3.05) is 23.7 Å². The minimum Gasteiger partial charge on any atom is -0.365 e. The van der Waals surface area contributed by atoms with Gasteiger partial charge in [-0.1, -0.05) is 12.8 Å². The van der Waals surface area contributed by atoms with Crippen molar-refractivity contribution >= 4 is 34.5 Å². The third-order valence-electron chi connectivity index (χ3n) is 8.69. The van der Waals surface area contributed by atoms with Crippen molar-refractivity contribution in [2.45, 2.75) is 88.4 Å². The Morgan fingerprint density at radius 1 is 0.925 bits per heavy atom. The summed E-state index contributed by atoms with van der Waals surface area (Å²) in [4.78, 5) is 39.9. The van der Waals surface area contributed by atoms with Crippen LogP contribution in [-0.4, -0.2) is 66.5 Å². The summed E-state index contributed by atoms with van der Waals surface area (Å²) in [7, 11) is 0. The van der Waals surface area contributed by atoms with Crippen LogP contribution < -0.4 is 16.4 Å². The van der Waals surface area contributed by atoms with Gasteiger partial charge in [0.15, 0.2) is 17.0 Å². The minimum absolute atomic E-state index is 0.0214. The molecule has 1 aliphatic heterocycles. The highest BCUT2D eigenvalue weighted by Gasteiger charge is 2.27. The first kappa shape index (κ1) is 26.4. The first-order chi connectivity index (χ1) is 19.4. The Balaban J connectivity index is 1.17. The number of imidazole rings is 1. The molecule has 3 heterocycles. The van der Waals surface area contributed by atoms with Crippen LogP contribution in [0.1, 0.15) is 80.6 Å². The summed E-state index contributed by atoms with van der Waals surface area (Å²) >= 11 is 0. The third-order valence-corrected chi connectivity index (χ3v) is 8.69. The quantitative estimate of drug-likeness (QED) is 0.290. The number of non-ortho nitro benzene ring substituents is 1. The standard InChI is InChI=1S/C28H37N9O3/c29-19-7-9-20(10-8-19)32-28-33-25(24-26(34-28)36(17-30-24)22-3-1-2-4-22)31-21-13-15-35(16-14-21)27(38)18-5-11-23(12-6-18)37(39)40/h5-6,11-12,17,19-22H,1-4,7-10,13-16,29H2,(H2,31,32,33,34)/t19-,20-. The van der Waals surface area contributed by atoms with Crippen LogP contribution in [-0.2, 0) is 0 Å². The lowest BCUT2D eigenvalue weighted by Crippen LogP contribution is -2.42. The molecule has 0 spiro atoms. The Morgan fingerprint density at radius 2 is 1.60 bits per heavy atom. The number of benzene rings is 1. The van der Waals surface area contributed by atoms with Crippen LogP contribution >= 0.6 is 0 Å². The zero-order chi connectivity index (χ0) is 27.6. The number of nitrogens with zero attached hydrogens (tertiary/aromatic N) is 6. The molecule has 4 N–H and O–H groups in total. The Hall–Kier alpha value is -3.80. The SMILES string of the molecule is N[C@H]1CC[C@H](Nc2nc(NC3CCN(C(=O)c4ccc([N+](=O)[O-])cc4)CC3)c3ncn(C4CCCC4)c3n2)CC1. The van der Waals surface area contributed by atoms with Crippen molar-refractivity contribution in [3.63, 3.8) is 0 Å². The average molecular weight is 548 g/mol. The Kier molecular flexibility index (Phi) is 7.50. The van der Waals surface area contributed by atoms with E-state index in [2.05, 4.69) is 15.2 Å². The van der Waals surface area contributed by atoms with Gasteiger partial charge in [-0.25, -0.2) is 4.98 Å². The van der Waals surface area contributed by atoms with Gasteiger partial charge >= 0.3 is 0 Å². The maximum atomic E-state index is 13.0. The Bertz CT molecular complexity index is 1350. The van der Waals surface area contributed by atoms with Crippen LogP contribution in [0.3, 0.4) is 0 Å². The monoisotopic (exact) mass is 547 g/mol.